The van der Waals surface area contributed by atoms with Crippen LogP contribution in [0.15, 0.2) is 29.8 Å². The third-order valence-corrected chi connectivity index (χ3v) is 4.60. The number of aromatic nitrogens is 1. The molecule has 0 unspecified atom stereocenters. The zero-order valence-corrected chi connectivity index (χ0v) is 15.5. The number of carbonyl (C=O) groups is 1. The second-order valence-electron chi connectivity index (χ2n) is 6.64. The van der Waals surface area contributed by atoms with Crippen molar-refractivity contribution in [1.82, 2.24) is 9.88 Å². The van der Waals surface area contributed by atoms with Crippen molar-refractivity contribution in [2.75, 3.05) is 18.4 Å². The summed E-state index contributed by atoms with van der Waals surface area (Å²) in [5, 5.41) is 5.01. The van der Waals surface area contributed by atoms with Gasteiger partial charge in [-0.2, -0.15) is 0 Å². The number of benzene rings is 1. The molecule has 8 heteroatoms. The number of alkyl halides is 2. The minimum absolute atomic E-state index is 0.0590. The van der Waals surface area contributed by atoms with Gasteiger partial charge in [-0.3, -0.25) is 15.0 Å². The van der Waals surface area contributed by atoms with Gasteiger partial charge in [0.25, 0.3) is 11.8 Å². The Morgan fingerprint density at radius 1 is 1.42 bits per heavy atom. The maximum absolute atomic E-state index is 13.4. The predicted octanol–water partition coefficient (Wildman–Crippen LogP) is 4.02. The molecule has 0 saturated carbocycles. The molecule has 1 fully saturated rings. The van der Waals surface area contributed by atoms with Gasteiger partial charge in [0, 0.05) is 36.7 Å². The molecule has 2 aromatic rings. The Labute approximate surface area is 155 Å². The number of nitrogens with zero attached hydrogens (tertiary/aromatic N) is 2. The molecule has 140 valence electrons. The first-order chi connectivity index (χ1) is 12.3. The summed E-state index contributed by atoms with van der Waals surface area (Å²) in [6.07, 6.45) is 1.42. The Balaban J connectivity index is 1.80. The second kappa shape index (κ2) is 7.67. The first-order valence-electron chi connectivity index (χ1n) is 8.42. The van der Waals surface area contributed by atoms with E-state index in [4.69, 9.17) is 4.74 Å². The first-order valence-corrected chi connectivity index (χ1v) is 9.30. The third kappa shape index (κ3) is 4.98. The quantitative estimate of drug-likeness (QED) is 0.821. The van der Waals surface area contributed by atoms with Crippen LogP contribution in [0.25, 0.3) is 0 Å². The number of halogens is 2. The number of likely N-dealkylation sites (tertiary alicyclic amines) is 1. The summed E-state index contributed by atoms with van der Waals surface area (Å²) in [6.45, 7) is 4.21. The van der Waals surface area contributed by atoms with Crippen LogP contribution in [0.3, 0.4) is 0 Å². The van der Waals surface area contributed by atoms with Gasteiger partial charge >= 0.3 is 0 Å². The fraction of sp³-hybridized carbons (Fsp3) is 0.444. The molecule has 3 rings (SSSR count). The molecule has 1 amide bonds. The Hall–Kier alpha value is -2.06. The first kappa shape index (κ1) is 18.7. The van der Waals surface area contributed by atoms with Gasteiger partial charge in [-0.25, -0.2) is 13.8 Å². The molecule has 0 radical (unpaired) electrons. The Kier molecular flexibility index (Phi) is 5.52. The monoisotopic (exact) mass is 381 g/mol. The summed E-state index contributed by atoms with van der Waals surface area (Å²) in [7, 11) is 0. The van der Waals surface area contributed by atoms with Crippen molar-refractivity contribution in [1.29, 1.82) is 0 Å². The number of hydrogen-bond donors (Lipinski definition) is 1. The molecule has 1 aromatic heterocycles. The van der Waals surface area contributed by atoms with E-state index in [9.17, 15) is 13.6 Å². The molecule has 1 aliphatic heterocycles. The summed E-state index contributed by atoms with van der Waals surface area (Å²) in [4.78, 5) is 18.2. The average molecular weight is 381 g/mol. The molecule has 1 N–H and O–H groups in total. The van der Waals surface area contributed by atoms with E-state index < -0.39 is 5.92 Å². The highest BCUT2D eigenvalue weighted by atomic mass is 32.1. The van der Waals surface area contributed by atoms with Gasteiger partial charge in [-0.15, -0.1) is 11.3 Å². The van der Waals surface area contributed by atoms with Crippen LogP contribution in [-0.2, 0) is 6.54 Å². The van der Waals surface area contributed by atoms with Crippen LogP contribution < -0.4 is 10.1 Å². The van der Waals surface area contributed by atoms with Crippen LogP contribution in [0.2, 0.25) is 0 Å². The van der Waals surface area contributed by atoms with E-state index in [1.807, 2.05) is 13.8 Å². The van der Waals surface area contributed by atoms with E-state index in [0.717, 1.165) is 5.56 Å². The fourth-order valence-corrected chi connectivity index (χ4v) is 3.40. The largest absolute Gasteiger partial charge is 0.491 e. The molecule has 5 nitrogen and oxygen atoms in total. The van der Waals surface area contributed by atoms with Crippen molar-refractivity contribution in [3.8, 4) is 5.75 Å². The van der Waals surface area contributed by atoms with E-state index in [1.54, 1.807) is 34.7 Å². The van der Waals surface area contributed by atoms with Crippen LogP contribution in [0.1, 0.15) is 36.2 Å². The van der Waals surface area contributed by atoms with Gasteiger partial charge in [0.2, 0.25) is 0 Å². The van der Waals surface area contributed by atoms with E-state index in [0.29, 0.717) is 29.5 Å². The summed E-state index contributed by atoms with van der Waals surface area (Å²) < 4.78 is 32.6. The molecule has 0 bridgehead atoms. The predicted molar refractivity (Wildman–Crippen MR) is 97.1 cm³/mol. The average Bonchev–Trinajstić information content (AvgIpc) is 3.16. The lowest BCUT2D eigenvalue weighted by molar-refractivity contribution is 0.0115. The summed E-state index contributed by atoms with van der Waals surface area (Å²) >= 11 is 1.33. The highest BCUT2D eigenvalue weighted by Crippen LogP contribution is 2.29. The molecule has 2 heterocycles. The lowest BCUT2D eigenvalue weighted by atomic mass is 10.1. The van der Waals surface area contributed by atoms with E-state index in [1.165, 1.54) is 11.3 Å². The molecule has 0 spiro atoms. The number of rotatable bonds is 6. The van der Waals surface area contributed by atoms with Crippen LogP contribution in [0.5, 0.6) is 5.75 Å². The standard InChI is InChI=1S/C18H21F2N3O2S/c1-12(2)25-15-8-13(10-23-5-3-18(19,20)11-23)7-14(9-15)16(24)22-17-21-4-6-26-17/h4,6-9,12H,3,5,10-11H2,1-2H3,(H,21,22,24). The minimum atomic E-state index is -2.64. The lowest BCUT2D eigenvalue weighted by Crippen LogP contribution is -2.25. The molecule has 26 heavy (non-hydrogen) atoms. The Morgan fingerprint density at radius 2 is 2.23 bits per heavy atom. The molecular formula is C18H21F2N3O2S. The van der Waals surface area contributed by atoms with Gasteiger partial charge in [-0.1, -0.05) is 0 Å². The van der Waals surface area contributed by atoms with Crippen LogP contribution in [-0.4, -0.2) is 40.9 Å². The van der Waals surface area contributed by atoms with Crippen LogP contribution in [0.4, 0.5) is 13.9 Å². The smallest absolute Gasteiger partial charge is 0.261 e. The van der Waals surface area contributed by atoms with Crippen molar-refractivity contribution in [3.63, 3.8) is 0 Å². The highest BCUT2D eigenvalue weighted by molar-refractivity contribution is 7.13. The van der Waals surface area contributed by atoms with Gasteiger partial charge in [0.15, 0.2) is 5.13 Å². The van der Waals surface area contributed by atoms with Crippen LogP contribution >= 0.6 is 11.3 Å². The van der Waals surface area contributed by atoms with E-state index in [2.05, 4.69) is 10.3 Å². The highest BCUT2D eigenvalue weighted by Gasteiger charge is 2.37. The number of ether oxygens (including phenoxy) is 1. The molecule has 1 aliphatic rings. The SMILES string of the molecule is CC(C)Oc1cc(CN2CCC(F)(F)C2)cc(C(=O)Nc2nccs2)c1. The number of nitrogens with one attached hydrogen (secondary N) is 1. The van der Waals surface area contributed by atoms with E-state index in [-0.39, 0.29) is 25.0 Å². The van der Waals surface area contributed by atoms with Crippen molar-refractivity contribution < 1.29 is 18.3 Å². The molecular weight excluding hydrogens is 360 g/mol. The molecule has 1 aromatic carbocycles. The van der Waals surface area contributed by atoms with Gasteiger partial charge < -0.3 is 4.74 Å². The zero-order valence-electron chi connectivity index (χ0n) is 14.7. The van der Waals surface area contributed by atoms with Crippen molar-refractivity contribution >= 4 is 22.4 Å². The van der Waals surface area contributed by atoms with Crippen LogP contribution in [0, 0.1) is 0 Å². The van der Waals surface area contributed by atoms with Crippen molar-refractivity contribution in [3.05, 3.63) is 40.9 Å². The zero-order chi connectivity index (χ0) is 18.7. The number of amides is 1. The number of hydrogen-bond acceptors (Lipinski definition) is 5. The summed E-state index contributed by atoms with van der Waals surface area (Å²) in [5.41, 5.74) is 1.18. The Morgan fingerprint density at radius 3 is 2.85 bits per heavy atom. The number of carbonyl (C=O) groups excluding carboxylic acids is 1. The molecule has 0 atom stereocenters. The van der Waals surface area contributed by atoms with Crippen molar-refractivity contribution in [2.24, 2.45) is 0 Å². The molecule has 0 aliphatic carbocycles. The Bertz CT molecular complexity index is 766. The maximum atomic E-state index is 13.4. The van der Waals surface area contributed by atoms with Gasteiger partial charge in [0.05, 0.1) is 12.6 Å². The lowest BCUT2D eigenvalue weighted by Gasteiger charge is -2.18. The van der Waals surface area contributed by atoms with Gasteiger partial charge in [-0.05, 0) is 37.6 Å². The van der Waals surface area contributed by atoms with Gasteiger partial charge in [0.1, 0.15) is 5.75 Å². The summed E-state index contributed by atoms with van der Waals surface area (Å²) in [5.74, 6) is -2.40. The van der Waals surface area contributed by atoms with E-state index >= 15 is 0 Å². The summed E-state index contributed by atoms with van der Waals surface area (Å²) in [6, 6.07) is 5.17. The number of thiazole rings is 1. The topological polar surface area (TPSA) is 54.5 Å². The normalized spacial score (nSPS) is 16.8. The second-order valence-corrected chi connectivity index (χ2v) is 7.53. The fourth-order valence-electron chi connectivity index (χ4n) is 2.88. The number of anilines is 1. The molecule has 1 saturated heterocycles. The van der Waals surface area contributed by atoms with Crippen molar-refractivity contribution in [2.45, 2.75) is 38.8 Å². The minimum Gasteiger partial charge on any atom is -0.491 e. The third-order valence-electron chi connectivity index (χ3n) is 3.91. The maximum Gasteiger partial charge on any atom is 0.261 e.